The van der Waals surface area contributed by atoms with Crippen molar-refractivity contribution in [3.63, 3.8) is 0 Å². The first-order valence-electron chi connectivity index (χ1n) is 5.70. The van der Waals surface area contributed by atoms with E-state index in [-0.39, 0.29) is 0 Å². The lowest BCUT2D eigenvalue weighted by molar-refractivity contribution is -0.152. The molecular weight excluding hydrogens is 162 g/mol. The fraction of sp³-hybridized carbons (Fsp3) is 1.00. The van der Waals surface area contributed by atoms with E-state index in [4.69, 9.17) is 10.5 Å². The van der Waals surface area contributed by atoms with Crippen molar-refractivity contribution in [3.05, 3.63) is 0 Å². The third-order valence-electron chi connectivity index (χ3n) is 4.75. The monoisotopic (exact) mass is 181 g/mol. The van der Waals surface area contributed by atoms with Crippen molar-refractivity contribution in [2.75, 3.05) is 13.2 Å². The first kappa shape index (κ1) is 8.25. The Bertz CT molecular complexity index is 210. The third kappa shape index (κ3) is 0.861. The highest BCUT2D eigenvalue weighted by Gasteiger charge is 2.63. The molecule has 1 heterocycles. The summed E-state index contributed by atoms with van der Waals surface area (Å²) in [4.78, 5) is 0. The van der Waals surface area contributed by atoms with Gasteiger partial charge in [-0.2, -0.15) is 0 Å². The zero-order chi connectivity index (χ0) is 8.89. The molecule has 3 fully saturated rings. The van der Waals surface area contributed by atoms with Crippen molar-refractivity contribution in [1.82, 2.24) is 0 Å². The van der Waals surface area contributed by atoms with Gasteiger partial charge in [0.1, 0.15) is 0 Å². The lowest BCUT2D eigenvalue weighted by Gasteiger charge is -2.56. The van der Waals surface area contributed by atoms with Crippen LogP contribution in [-0.4, -0.2) is 19.3 Å². The van der Waals surface area contributed by atoms with Gasteiger partial charge in [0, 0.05) is 12.0 Å². The Hall–Kier alpha value is -0.0800. The van der Waals surface area contributed by atoms with E-state index in [9.17, 15) is 0 Å². The molecule has 1 aliphatic heterocycles. The molecule has 2 aliphatic carbocycles. The van der Waals surface area contributed by atoms with Gasteiger partial charge in [-0.25, -0.2) is 0 Å². The normalized spacial score (nSPS) is 46.4. The summed E-state index contributed by atoms with van der Waals surface area (Å²) in [5, 5.41) is 0. The molecule has 0 aromatic heterocycles. The van der Waals surface area contributed by atoms with Gasteiger partial charge in [-0.15, -0.1) is 0 Å². The Balaban J connectivity index is 1.85. The highest BCUT2D eigenvalue weighted by Crippen LogP contribution is 2.63. The van der Waals surface area contributed by atoms with Crippen LogP contribution in [0, 0.1) is 17.3 Å². The van der Waals surface area contributed by atoms with Crippen LogP contribution >= 0.6 is 0 Å². The number of fused-ring (bicyclic) bond motifs is 2. The van der Waals surface area contributed by atoms with Gasteiger partial charge < -0.3 is 10.5 Å². The lowest BCUT2D eigenvalue weighted by atomic mass is 9.50. The van der Waals surface area contributed by atoms with Crippen LogP contribution in [0.3, 0.4) is 0 Å². The predicted molar refractivity (Wildman–Crippen MR) is 51.3 cm³/mol. The summed E-state index contributed by atoms with van der Waals surface area (Å²) in [5.41, 5.74) is 6.43. The molecule has 3 atom stereocenters. The molecule has 2 nitrogen and oxygen atoms in total. The summed E-state index contributed by atoms with van der Waals surface area (Å²) >= 11 is 0. The van der Waals surface area contributed by atoms with E-state index < -0.39 is 0 Å². The predicted octanol–water partition coefficient (Wildman–Crippen LogP) is 1.54. The quantitative estimate of drug-likeness (QED) is 0.666. The zero-order valence-electron chi connectivity index (χ0n) is 8.17. The van der Waals surface area contributed by atoms with Crippen LogP contribution in [0.5, 0.6) is 0 Å². The van der Waals surface area contributed by atoms with Crippen molar-refractivity contribution in [3.8, 4) is 0 Å². The molecule has 13 heavy (non-hydrogen) atoms. The van der Waals surface area contributed by atoms with Crippen LogP contribution in [-0.2, 0) is 4.74 Å². The average Bonchev–Trinajstić information content (AvgIpc) is 2.69. The average molecular weight is 181 g/mol. The van der Waals surface area contributed by atoms with Gasteiger partial charge in [-0.05, 0) is 37.6 Å². The van der Waals surface area contributed by atoms with Gasteiger partial charge >= 0.3 is 0 Å². The molecule has 0 amide bonds. The van der Waals surface area contributed by atoms with E-state index in [0.717, 1.165) is 25.0 Å². The number of ether oxygens (including phenoxy) is 1. The fourth-order valence-electron chi connectivity index (χ4n) is 4.23. The van der Waals surface area contributed by atoms with Crippen LogP contribution in [0.2, 0.25) is 0 Å². The first-order valence-corrected chi connectivity index (χ1v) is 5.70. The number of hydrogen-bond donors (Lipinski definition) is 1. The minimum absolute atomic E-state index is 0.538. The molecule has 0 radical (unpaired) electrons. The number of rotatable bonds is 1. The van der Waals surface area contributed by atoms with Crippen LogP contribution in [0.4, 0.5) is 0 Å². The molecule has 2 saturated carbocycles. The van der Waals surface area contributed by atoms with Crippen molar-refractivity contribution in [1.29, 1.82) is 0 Å². The molecule has 0 aromatic rings. The number of hydrogen-bond acceptors (Lipinski definition) is 2. The molecule has 0 bridgehead atoms. The molecule has 0 unspecified atom stereocenters. The van der Waals surface area contributed by atoms with E-state index >= 15 is 0 Å². The summed E-state index contributed by atoms with van der Waals surface area (Å²) in [6.45, 7) is 1.89. The summed E-state index contributed by atoms with van der Waals surface area (Å²) in [7, 11) is 0. The highest BCUT2D eigenvalue weighted by atomic mass is 16.5. The maximum Gasteiger partial charge on any atom is 0.0666 e. The second-order valence-corrected chi connectivity index (χ2v) is 5.03. The van der Waals surface area contributed by atoms with Gasteiger partial charge in [0.15, 0.2) is 0 Å². The maximum atomic E-state index is 5.89. The fourth-order valence-corrected chi connectivity index (χ4v) is 4.23. The van der Waals surface area contributed by atoms with E-state index in [1.54, 1.807) is 0 Å². The minimum Gasteiger partial charge on any atom is -0.377 e. The van der Waals surface area contributed by atoms with Crippen molar-refractivity contribution in [2.24, 2.45) is 23.0 Å². The Kier molecular flexibility index (Phi) is 1.72. The van der Waals surface area contributed by atoms with Crippen LogP contribution in [0.25, 0.3) is 0 Å². The first-order chi connectivity index (χ1) is 6.38. The second kappa shape index (κ2) is 2.71. The molecule has 74 valence electrons. The summed E-state index contributed by atoms with van der Waals surface area (Å²) in [5.74, 6) is 1.62. The Morgan fingerprint density at radius 1 is 1.31 bits per heavy atom. The molecule has 3 rings (SSSR count). The van der Waals surface area contributed by atoms with Gasteiger partial charge in [0.05, 0.1) is 6.10 Å². The topological polar surface area (TPSA) is 35.2 Å². The highest BCUT2D eigenvalue weighted by molar-refractivity contribution is 5.12. The van der Waals surface area contributed by atoms with E-state index in [1.165, 1.54) is 32.1 Å². The summed E-state index contributed by atoms with van der Waals surface area (Å²) in [6, 6.07) is 0. The van der Waals surface area contributed by atoms with Crippen LogP contribution in [0.1, 0.15) is 32.1 Å². The van der Waals surface area contributed by atoms with E-state index in [1.807, 2.05) is 0 Å². The van der Waals surface area contributed by atoms with Crippen LogP contribution in [0.15, 0.2) is 0 Å². The lowest BCUT2D eigenvalue weighted by Crippen LogP contribution is -2.60. The van der Waals surface area contributed by atoms with E-state index in [0.29, 0.717) is 11.5 Å². The zero-order valence-corrected chi connectivity index (χ0v) is 8.17. The molecule has 0 aromatic carbocycles. The molecule has 1 spiro atoms. The molecule has 3 aliphatic rings. The third-order valence-corrected chi connectivity index (χ3v) is 4.75. The minimum atomic E-state index is 0.538. The molecule has 2 heteroatoms. The summed E-state index contributed by atoms with van der Waals surface area (Å²) < 4.78 is 5.87. The second-order valence-electron chi connectivity index (χ2n) is 5.03. The van der Waals surface area contributed by atoms with Crippen LogP contribution < -0.4 is 5.73 Å². The van der Waals surface area contributed by atoms with Crippen molar-refractivity contribution in [2.45, 2.75) is 38.2 Å². The Morgan fingerprint density at radius 3 is 2.77 bits per heavy atom. The molecule has 1 saturated heterocycles. The molecular formula is C11H19NO. The standard InChI is InChI=1S/C11H19NO/c12-7-9-8-3-6-13-10(8)11(9)4-1-2-5-11/h8-10H,1-7,12H2/t8-,9+,10-/m0/s1. The van der Waals surface area contributed by atoms with E-state index in [2.05, 4.69) is 0 Å². The van der Waals surface area contributed by atoms with Crippen molar-refractivity contribution < 1.29 is 4.74 Å². The van der Waals surface area contributed by atoms with Gasteiger partial charge in [0.25, 0.3) is 0 Å². The number of nitrogens with two attached hydrogens (primary N) is 1. The SMILES string of the molecule is NC[C@@H]1[C@@H]2CCO[C@@H]2C12CCCC2. The summed E-state index contributed by atoms with van der Waals surface area (Å²) in [6.07, 6.45) is 7.45. The van der Waals surface area contributed by atoms with Crippen molar-refractivity contribution >= 4 is 0 Å². The smallest absolute Gasteiger partial charge is 0.0666 e. The Morgan fingerprint density at radius 2 is 2.08 bits per heavy atom. The largest absolute Gasteiger partial charge is 0.377 e. The maximum absolute atomic E-state index is 5.89. The molecule has 2 N–H and O–H groups in total. The van der Waals surface area contributed by atoms with Gasteiger partial charge in [-0.3, -0.25) is 0 Å². The van der Waals surface area contributed by atoms with Gasteiger partial charge in [-0.1, -0.05) is 12.8 Å². The Labute approximate surface area is 79.8 Å². The van der Waals surface area contributed by atoms with Gasteiger partial charge in [0.2, 0.25) is 0 Å².